The van der Waals surface area contributed by atoms with Crippen molar-refractivity contribution < 1.29 is 14.0 Å². The molecular weight excluding hydrogens is 338 g/mol. The van der Waals surface area contributed by atoms with Crippen LogP contribution in [0.5, 0.6) is 5.75 Å². The fourth-order valence-corrected chi connectivity index (χ4v) is 2.46. The van der Waals surface area contributed by atoms with Gasteiger partial charge in [0.2, 0.25) is 11.7 Å². The fraction of sp³-hybridized carbons (Fsp3) is 0.429. The number of rotatable bonds is 7. The van der Waals surface area contributed by atoms with E-state index in [1.165, 1.54) is 0 Å². The average molecular weight is 356 g/mol. The van der Waals surface area contributed by atoms with Crippen LogP contribution in [-0.4, -0.2) is 44.1 Å². The van der Waals surface area contributed by atoms with E-state index in [0.717, 1.165) is 15.8 Å². The van der Waals surface area contributed by atoms with Gasteiger partial charge in [0.25, 0.3) is 0 Å². The van der Waals surface area contributed by atoms with E-state index in [-0.39, 0.29) is 6.04 Å². The summed E-state index contributed by atoms with van der Waals surface area (Å²) in [6, 6.07) is 5.80. The molecule has 0 bridgehead atoms. The first kappa shape index (κ1) is 15.9. The quantitative estimate of drug-likeness (QED) is 0.821. The van der Waals surface area contributed by atoms with Crippen molar-refractivity contribution >= 4 is 15.9 Å². The Morgan fingerprint density at radius 1 is 1.38 bits per heavy atom. The zero-order valence-corrected chi connectivity index (χ0v) is 13.8. The van der Waals surface area contributed by atoms with E-state index in [1.54, 1.807) is 14.2 Å². The van der Waals surface area contributed by atoms with Gasteiger partial charge in [0.15, 0.2) is 0 Å². The van der Waals surface area contributed by atoms with Gasteiger partial charge >= 0.3 is 0 Å². The molecule has 0 radical (unpaired) electrons. The summed E-state index contributed by atoms with van der Waals surface area (Å²) in [5.41, 5.74) is 0.866. The molecule has 0 amide bonds. The molecule has 7 heteroatoms. The fourth-order valence-electron chi connectivity index (χ4n) is 1.92. The van der Waals surface area contributed by atoms with Gasteiger partial charge in [0.1, 0.15) is 5.75 Å². The van der Waals surface area contributed by atoms with Crippen LogP contribution < -0.4 is 10.1 Å². The molecule has 2 aromatic rings. The van der Waals surface area contributed by atoms with Crippen LogP contribution >= 0.6 is 15.9 Å². The van der Waals surface area contributed by atoms with Gasteiger partial charge in [-0.1, -0.05) is 5.16 Å². The number of aromatic nitrogens is 2. The number of hydrogen-bond acceptors (Lipinski definition) is 6. The molecule has 21 heavy (non-hydrogen) atoms. The summed E-state index contributed by atoms with van der Waals surface area (Å²) in [5, 5.41) is 7.16. The first-order valence-corrected chi connectivity index (χ1v) is 7.30. The topological polar surface area (TPSA) is 69.4 Å². The van der Waals surface area contributed by atoms with Crippen molar-refractivity contribution in [2.75, 3.05) is 27.9 Å². The Labute approximate surface area is 132 Å². The monoisotopic (exact) mass is 355 g/mol. The Balaban J connectivity index is 2.14. The van der Waals surface area contributed by atoms with E-state index in [1.807, 2.05) is 25.2 Å². The summed E-state index contributed by atoms with van der Waals surface area (Å²) in [6.45, 7) is 0.586. The van der Waals surface area contributed by atoms with E-state index in [0.29, 0.717) is 24.7 Å². The first-order chi connectivity index (χ1) is 10.2. The van der Waals surface area contributed by atoms with Crippen molar-refractivity contribution in [3.63, 3.8) is 0 Å². The predicted molar refractivity (Wildman–Crippen MR) is 82.4 cm³/mol. The molecule has 0 aliphatic carbocycles. The van der Waals surface area contributed by atoms with Crippen molar-refractivity contribution in [3.05, 3.63) is 28.6 Å². The standard InChI is InChI=1S/C14H18BrN3O3/c1-16-10(8-19-2)7-13-17-14(18-21-13)9-4-5-12(20-3)11(15)6-9/h4-6,10,16H,7-8H2,1-3H3. The molecule has 0 saturated carbocycles. The molecule has 0 saturated heterocycles. The summed E-state index contributed by atoms with van der Waals surface area (Å²) in [6.07, 6.45) is 0.620. The molecule has 1 aromatic heterocycles. The normalized spacial score (nSPS) is 12.4. The molecule has 1 N–H and O–H groups in total. The van der Waals surface area contributed by atoms with Crippen LogP contribution in [0, 0.1) is 0 Å². The highest BCUT2D eigenvalue weighted by atomic mass is 79.9. The Kier molecular flexibility index (Phi) is 5.72. The van der Waals surface area contributed by atoms with Crippen LogP contribution in [0.25, 0.3) is 11.4 Å². The van der Waals surface area contributed by atoms with Gasteiger partial charge in [-0.2, -0.15) is 4.98 Å². The van der Waals surface area contributed by atoms with Crippen LogP contribution in [0.3, 0.4) is 0 Å². The van der Waals surface area contributed by atoms with Gasteiger partial charge in [0.05, 0.1) is 18.2 Å². The van der Waals surface area contributed by atoms with Crippen LogP contribution in [0.2, 0.25) is 0 Å². The molecule has 2 rings (SSSR count). The SMILES string of the molecule is CNC(COC)Cc1nc(-c2ccc(OC)c(Br)c2)no1. The number of nitrogens with zero attached hydrogens (tertiary/aromatic N) is 2. The second-order valence-electron chi connectivity index (χ2n) is 4.51. The highest BCUT2D eigenvalue weighted by Crippen LogP contribution is 2.29. The average Bonchev–Trinajstić information content (AvgIpc) is 2.95. The summed E-state index contributed by atoms with van der Waals surface area (Å²) >= 11 is 3.45. The summed E-state index contributed by atoms with van der Waals surface area (Å²) in [4.78, 5) is 4.41. The molecule has 0 aliphatic rings. The minimum Gasteiger partial charge on any atom is -0.496 e. The Morgan fingerprint density at radius 2 is 2.19 bits per heavy atom. The van der Waals surface area contributed by atoms with E-state index < -0.39 is 0 Å². The number of ether oxygens (including phenoxy) is 2. The van der Waals surface area contributed by atoms with Gasteiger partial charge in [0, 0.05) is 25.1 Å². The lowest BCUT2D eigenvalue weighted by Crippen LogP contribution is -2.32. The van der Waals surface area contributed by atoms with Crippen LogP contribution in [0.1, 0.15) is 5.89 Å². The molecule has 1 heterocycles. The minimum atomic E-state index is 0.144. The maximum Gasteiger partial charge on any atom is 0.228 e. The molecule has 1 unspecified atom stereocenters. The van der Waals surface area contributed by atoms with Crippen LogP contribution in [0.15, 0.2) is 27.2 Å². The number of likely N-dealkylation sites (N-methyl/N-ethyl adjacent to an activating group) is 1. The number of methoxy groups -OCH3 is 2. The summed E-state index contributed by atoms with van der Waals surface area (Å²) < 4.78 is 16.5. The number of benzene rings is 1. The molecule has 114 valence electrons. The molecule has 0 fully saturated rings. The maximum atomic E-state index is 5.29. The van der Waals surface area contributed by atoms with E-state index in [2.05, 4.69) is 31.4 Å². The van der Waals surface area contributed by atoms with E-state index in [9.17, 15) is 0 Å². The number of halogens is 1. The maximum absolute atomic E-state index is 5.29. The van der Waals surface area contributed by atoms with Crippen LogP contribution in [0.4, 0.5) is 0 Å². The minimum absolute atomic E-state index is 0.144. The molecule has 6 nitrogen and oxygen atoms in total. The third kappa shape index (κ3) is 4.03. The Bertz CT molecular complexity index is 589. The zero-order valence-electron chi connectivity index (χ0n) is 12.2. The van der Waals surface area contributed by atoms with E-state index >= 15 is 0 Å². The lowest BCUT2D eigenvalue weighted by Gasteiger charge is -2.11. The highest BCUT2D eigenvalue weighted by Gasteiger charge is 2.14. The molecule has 1 aromatic carbocycles. The van der Waals surface area contributed by atoms with Crippen molar-refractivity contribution in [1.82, 2.24) is 15.5 Å². The third-order valence-electron chi connectivity index (χ3n) is 3.08. The summed E-state index contributed by atoms with van der Waals surface area (Å²) in [7, 11) is 5.17. The summed E-state index contributed by atoms with van der Waals surface area (Å²) in [5.74, 6) is 1.90. The Hall–Kier alpha value is -1.44. The van der Waals surface area contributed by atoms with Gasteiger partial charge in [-0.05, 0) is 41.2 Å². The second kappa shape index (κ2) is 7.53. The molecule has 0 spiro atoms. The Morgan fingerprint density at radius 3 is 2.81 bits per heavy atom. The number of hydrogen-bond donors (Lipinski definition) is 1. The first-order valence-electron chi connectivity index (χ1n) is 6.50. The van der Waals surface area contributed by atoms with Gasteiger partial charge < -0.3 is 19.3 Å². The second-order valence-corrected chi connectivity index (χ2v) is 5.36. The van der Waals surface area contributed by atoms with Crippen molar-refractivity contribution in [2.24, 2.45) is 0 Å². The zero-order chi connectivity index (χ0) is 15.2. The van der Waals surface area contributed by atoms with Gasteiger partial charge in [-0.15, -0.1) is 0 Å². The van der Waals surface area contributed by atoms with Crippen molar-refractivity contribution in [2.45, 2.75) is 12.5 Å². The van der Waals surface area contributed by atoms with Crippen molar-refractivity contribution in [3.8, 4) is 17.1 Å². The molecule has 1 atom stereocenters. The third-order valence-corrected chi connectivity index (χ3v) is 3.69. The lowest BCUT2D eigenvalue weighted by atomic mass is 10.2. The van der Waals surface area contributed by atoms with Crippen LogP contribution in [-0.2, 0) is 11.2 Å². The number of nitrogens with one attached hydrogen (secondary N) is 1. The smallest absolute Gasteiger partial charge is 0.228 e. The largest absolute Gasteiger partial charge is 0.496 e. The highest BCUT2D eigenvalue weighted by molar-refractivity contribution is 9.10. The van der Waals surface area contributed by atoms with E-state index in [4.69, 9.17) is 14.0 Å². The lowest BCUT2D eigenvalue weighted by molar-refractivity contribution is 0.165. The predicted octanol–water partition coefficient (Wildman–Crippen LogP) is 2.28. The molecular formula is C14H18BrN3O3. The van der Waals surface area contributed by atoms with Gasteiger partial charge in [-0.25, -0.2) is 0 Å². The molecule has 0 aliphatic heterocycles. The van der Waals surface area contributed by atoms with Gasteiger partial charge in [-0.3, -0.25) is 0 Å². The van der Waals surface area contributed by atoms with Crippen molar-refractivity contribution in [1.29, 1.82) is 0 Å².